The first kappa shape index (κ1) is 20.5. The van der Waals surface area contributed by atoms with Crippen molar-refractivity contribution in [1.29, 1.82) is 0 Å². The second-order valence-corrected chi connectivity index (χ2v) is 7.22. The number of thiocarbonyl (C=S) groups is 1. The molecule has 0 aliphatic carbocycles. The summed E-state index contributed by atoms with van der Waals surface area (Å²) >= 11 is 18.1. The van der Waals surface area contributed by atoms with E-state index in [1.54, 1.807) is 25.3 Å². The van der Waals surface area contributed by atoms with E-state index in [0.29, 0.717) is 38.6 Å². The fourth-order valence-corrected chi connectivity index (χ4v) is 3.43. The molecule has 0 heterocycles. The third-order valence-corrected chi connectivity index (χ3v) is 5.23. The summed E-state index contributed by atoms with van der Waals surface area (Å²) in [6, 6.07) is 21.0. The second-order valence-electron chi connectivity index (χ2n) is 5.99. The smallest absolute Gasteiger partial charge is 0.171 e. The maximum absolute atomic E-state index is 6.26. The van der Waals surface area contributed by atoms with Gasteiger partial charge in [0.1, 0.15) is 11.6 Å². The summed E-state index contributed by atoms with van der Waals surface area (Å²) in [6.45, 7) is 0.819. The van der Waals surface area contributed by atoms with Gasteiger partial charge in [-0.05, 0) is 29.8 Å². The average molecular weight is 432 g/mol. The van der Waals surface area contributed by atoms with Gasteiger partial charge in [0.15, 0.2) is 11.5 Å². The molecule has 1 N–H and O–H groups in total. The van der Waals surface area contributed by atoms with E-state index in [-0.39, 0.29) is 6.61 Å². The monoisotopic (exact) mass is 431 g/mol. The molecule has 3 aromatic rings. The Kier molecular flexibility index (Phi) is 7.15. The van der Waals surface area contributed by atoms with E-state index >= 15 is 0 Å². The minimum absolute atomic E-state index is 0.202. The highest BCUT2D eigenvalue weighted by atomic mass is 35.5. The Morgan fingerprint density at radius 3 is 2.29 bits per heavy atom. The summed E-state index contributed by atoms with van der Waals surface area (Å²) in [5, 5.41) is 4.37. The summed E-state index contributed by atoms with van der Waals surface area (Å²) in [6.07, 6.45) is 0. The normalized spacial score (nSPS) is 10.4. The topological polar surface area (TPSA) is 30.5 Å². The lowest BCUT2D eigenvalue weighted by atomic mass is 10.1. The zero-order chi connectivity index (χ0) is 19.9. The lowest BCUT2D eigenvalue weighted by Gasteiger charge is -2.17. The summed E-state index contributed by atoms with van der Waals surface area (Å²) < 4.78 is 11.5. The third-order valence-electron chi connectivity index (χ3n) is 4.16. The lowest BCUT2D eigenvalue weighted by Crippen LogP contribution is -2.22. The van der Waals surface area contributed by atoms with Gasteiger partial charge in [0.05, 0.1) is 12.7 Å². The van der Waals surface area contributed by atoms with Crippen LogP contribution in [-0.4, -0.2) is 12.1 Å². The van der Waals surface area contributed by atoms with Crippen LogP contribution in [0.1, 0.15) is 16.7 Å². The first-order valence-electron chi connectivity index (χ1n) is 8.65. The SMILES string of the molecule is COc1cccc(C(=S)NCc2ccccc2)c1OCc1c(Cl)cccc1Cl. The van der Waals surface area contributed by atoms with Gasteiger partial charge in [-0.25, -0.2) is 0 Å². The molecule has 144 valence electrons. The van der Waals surface area contributed by atoms with Crippen LogP contribution in [0.5, 0.6) is 11.5 Å². The van der Waals surface area contributed by atoms with Crippen molar-refractivity contribution in [3.05, 3.63) is 93.5 Å². The van der Waals surface area contributed by atoms with E-state index in [1.165, 1.54) is 0 Å². The summed E-state index contributed by atoms with van der Waals surface area (Å²) in [5.74, 6) is 1.14. The summed E-state index contributed by atoms with van der Waals surface area (Å²) in [4.78, 5) is 0.572. The first-order chi connectivity index (χ1) is 13.6. The lowest BCUT2D eigenvalue weighted by molar-refractivity contribution is 0.284. The predicted octanol–water partition coefficient (Wildman–Crippen LogP) is 6.05. The van der Waals surface area contributed by atoms with E-state index in [1.807, 2.05) is 48.5 Å². The van der Waals surface area contributed by atoms with Crippen LogP contribution in [0, 0.1) is 0 Å². The van der Waals surface area contributed by atoms with Crippen molar-refractivity contribution in [2.75, 3.05) is 7.11 Å². The Bertz CT molecular complexity index is 944. The van der Waals surface area contributed by atoms with Crippen molar-refractivity contribution in [2.45, 2.75) is 13.2 Å². The molecule has 0 bridgehead atoms. The van der Waals surface area contributed by atoms with Gasteiger partial charge in [0.25, 0.3) is 0 Å². The zero-order valence-corrected chi connectivity index (χ0v) is 17.6. The van der Waals surface area contributed by atoms with Gasteiger partial charge in [-0.3, -0.25) is 0 Å². The average Bonchev–Trinajstić information content (AvgIpc) is 2.72. The largest absolute Gasteiger partial charge is 0.493 e. The van der Waals surface area contributed by atoms with Crippen molar-refractivity contribution < 1.29 is 9.47 Å². The number of nitrogens with one attached hydrogen (secondary N) is 1. The molecule has 0 radical (unpaired) electrons. The number of halogens is 2. The fraction of sp³-hybridized carbons (Fsp3) is 0.136. The van der Waals surface area contributed by atoms with Crippen molar-refractivity contribution in [3.63, 3.8) is 0 Å². The molecule has 0 aliphatic heterocycles. The second kappa shape index (κ2) is 9.78. The molecular formula is C22H19Cl2NO2S. The minimum atomic E-state index is 0.202. The van der Waals surface area contributed by atoms with Crippen LogP contribution in [0.15, 0.2) is 66.7 Å². The number of methoxy groups -OCH3 is 1. The van der Waals surface area contributed by atoms with Crippen molar-refractivity contribution in [3.8, 4) is 11.5 Å². The predicted molar refractivity (Wildman–Crippen MR) is 119 cm³/mol. The van der Waals surface area contributed by atoms with Crippen LogP contribution < -0.4 is 14.8 Å². The van der Waals surface area contributed by atoms with Crippen molar-refractivity contribution in [2.24, 2.45) is 0 Å². The van der Waals surface area contributed by atoms with E-state index in [4.69, 9.17) is 44.9 Å². The van der Waals surface area contributed by atoms with E-state index in [9.17, 15) is 0 Å². The number of rotatable bonds is 7. The molecular weight excluding hydrogens is 413 g/mol. The molecule has 3 nitrogen and oxygen atoms in total. The van der Waals surface area contributed by atoms with Crippen LogP contribution >= 0.6 is 35.4 Å². The molecule has 28 heavy (non-hydrogen) atoms. The van der Waals surface area contributed by atoms with Gasteiger partial charge >= 0.3 is 0 Å². The highest BCUT2D eigenvalue weighted by Gasteiger charge is 2.16. The minimum Gasteiger partial charge on any atom is -0.493 e. The Labute approximate surface area is 180 Å². The van der Waals surface area contributed by atoms with Crippen LogP contribution in [-0.2, 0) is 13.2 Å². The Balaban J connectivity index is 1.81. The maximum Gasteiger partial charge on any atom is 0.171 e. The highest BCUT2D eigenvalue weighted by Crippen LogP contribution is 2.34. The summed E-state index contributed by atoms with van der Waals surface area (Å²) in [7, 11) is 1.59. The van der Waals surface area contributed by atoms with Crippen LogP contribution in [0.25, 0.3) is 0 Å². The quantitative estimate of drug-likeness (QED) is 0.461. The van der Waals surface area contributed by atoms with Gasteiger partial charge in [-0.15, -0.1) is 0 Å². The number of hydrogen-bond donors (Lipinski definition) is 1. The first-order valence-corrected chi connectivity index (χ1v) is 9.81. The molecule has 0 fully saturated rings. The molecule has 0 aliphatic rings. The standard InChI is InChI=1S/C22H19Cl2NO2S/c1-26-20-12-5-9-16(22(28)25-13-15-7-3-2-4-8-15)21(20)27-14-17-18(23)10-6-11-19(17)24/h2-12H,13-14H2,1H3,(H,25,28). The molecule has 6 heteroatoms. The van der Waals surface area contributed by atoms with Gasteiger partial charge in [0, 0.05) is 22.2 Å². The van der Waals surface area contributed by atoms with Crippen molar-refractivity contribution in [1.82, 2.24) is 5.32 Å². The maximum atomic E-state index is 6.26. The third kappa shape index (κ3) is 4.96. The van der Waals surface area contributed by atoms with Gasteiger partial charge in [-0.2, -0.15) is 0 Å². The zero-order valence-electron chi connectivity index (χ0n) is 15.2. The molecule has 0 spiro atoms. The number of benzene rings is 3. The summed E-state index contributed by atoms with van der Waals surface area (Å²) in [5.41, 5.74) is 2.59. The van der Waals surface area contributed by atoms with Crippen molar-refractivity contribution >= 4 is 40.4 Å². The Morgan fingerprint density at radius 2 is 1.61 bits per heavy atom. The molecule has 3 aromatic carbocycles. The fourth-order valence-electron chi connectivity index (χ4n) is 2.69. The van der Waals surface area contributed by atoms with Gasteiger partial charge in [0.2, 0.25) is 0 Å². The molecule has 0 amide bonds. The van der Waals surface area contributed by atoms with E-state index < -0.39 is 0 Å². The van der Waals surface area contributed by atoms with Gasteiger partial charge in [-0.1, -0.05) is 77.9 Å². The molecule has 0 aromatic heterocycles. The Hall–Kier alpha value is -2.27. The Morgan fingerprint density at radius 1 is 0.929 bits per heavy atom. The highest BCUT2D eigenvalue weighted by molar-refractivity contribution is 7.80. The number of ether oxygens (including phenoxy) is 2. The molecule has 0 unspecified atom stereocenters. The van der Waals surface area contributed by atoms with Crippen LogP contribution in [0.4, 0.5) is 0 Å². The van der Waals surface area contributed by atoms with Crippen LogP contribution in [0.2, 0.25) is 10.0 Å². The molecule has 3 rings (SSSR count). The van der Waals surface area contributed by atoms with Crippen LogP contribution in [0.3, 0.4) is 0 Å². The van der Waals surface area contributed by atoms with Gasteiger partial charge < -0.3 is 14.8 Å². The van der Waals surface area contributed by atoms with E-state index in [0.717, 1.165) is 11.1 Å². The molecule has 0 atom stereocenters. The number of hydrogen-bond acceptors (Lipinski definition) is 3. The molecule has 0 saturated heterocycles. The number of para-hydroxylation sites is 1. The van der Waals surface area contributed by atoms with E-state index in [2.05, 4.69) is 5.32 Å². The molecule has 0 saturated carbocycles.